The van der Waals surface area contributed by atoms with Crippen LogP contribution in [0.5, 0.6) is 0 Å². The minimum atomic E-state index is 0.374. The van der Waals surface area contributed by atoms with Crippen molar-refractivity contribution in [3.05, 3.63) is 11.8 Å². The van der Waals surface area contributed by atoms with Crippen LogP contribution in [0.25, 0.3) is 0 Å². The molecule has 0 unspecified atom stereocenters. The standard InChI is InChI=1S/C10H20O/c1-6-9(11-5)7-8-10(2,3)4/h7H,6,8H2,1-5H3/b9-7-. The Morgan fingerprint density at radius 2 is 1.91 bits per heavy atom. The summed E-state index contributed by atoms with van der Waals surface area (Å²) in [5.41, 5.74) is 0.374. The number of ether oxygens (including phenoxy) is 1. The SMILES string of the molecule is CC/C(=C/CC(C)(C)C)OC. The van der Waals surface area contributed by atoms with E-state index in [-0.39, 0.29) is 0 Å². The van der Waals surface area contributed by atoms with Gasteiger partial charge in [0.25, 0.3) is 0 Å². The van der Waals surface area contributed by atoms with Gasteiger partial charge in [0.15, 0.2) is 0 Å². The van der Waals surface area contributed by atoms with Crippen LogP contribution < -0.4 is 0 Å². The molecule has 0 aromatic rings. The minimum Gasteiger partial charge on any atom is -0.501 e. The van der Waals surface area contributed by atoms with Crippen molar-refractivity contribution < 1.29 is 4.74 Å². The van der Waals surface area contributed by atoms with E-state index in [1.807, 2.05) is 0 Å². The van der Waals surface area contributed by atoms with Crippen molar-refractivity contribution in [3.63, 3.8) is 0 Å². The Bertz CT molecular complexity index is 122. The third kappa shape index (κ3) is 5.96. The zero-order valence-electron chi connectivity index (χ0n) is 8.40. The lowest BCUT2D eigenvalue weighted by atomic mass is 9.92. The summed E-state index contributed by atoms with van der Waals surface area (Å²) < 4.78 is 5.16. The van der Waals surface area contributed by atoms with Gasteiger partial charge in [0.2, 0.25) is 0 Å². The molecule has 0 aliphatic carbocycles. The number of methoxy groups -OCH3 is 1. The van der Waals surface area contributed by atoms with Crippen LogP contribution in [-0.2, 0) is 4.74 Å². The van der Waals surface area contributed by atoms with Gasteiger partial charge in [0, 0.05) is 6.42 Å². The summed E-state index contributed by atoms with van der Waals surface area (Å²) in [6.45, 7) is 8.79. The molecule has 0 saturated heterocycles. The molecule has 0 aromatic carbocycles. The summed E-state index contributed by atoms with van der Waals surface area (Å²) in [4.78, 5) is 0. The fourth-order valence-electron chi connectivity index (χ4n) is 0.792. The normalized spacial score (nSPS) is 13.4. The van der Waals surface area contributed by atoms with Gasteiger partial charge in [-0.3, -0.25) is 0 Å². The molecule has 0 spiro atoms. The molecule has 1 nitrogen and oxygen atoms in total. The maximum Gasteiger partial charge on any atom is 0.0913 e. The fraction of sp³-hybridized carbons (Fsp3) is 0.800. The molecule has 0 fully saturated rings. The first kappa shape index (κ1) is 10.5. The van der Waals surface area contributed by atoms with E-state index in [2.05, 4.69) is 33.8 Å². The molecular weight excluding hydrogens is 136 g/mol. The Hall–Kier alpha value is -0.460. The van der Waals surface area contributed by atoms with Gasteiger partial charge in [-0.1, -0.05) is 27.7 Å². The molecular formula is C10H20O. The van der Waals surface area contributed by atoms with E-state index in [0.717, 1.165) is 18.6 Å². The summed E-state index contributed by atoms with van der Waals surface area (Å²) in [5.74, 6) is 1.10. The Kier molecular flexibility index (Phi) is 4.24. The lowest BCUT2D eigenvalue weighted by Gasteiger charge is -2.15. The molecule has 0 atom stereocenters. The van der Waals surface area contributed by atoms with Crippen molar-refractivity contribution in [2.24, 2.45) is 5.41 Å². The summed E-state index contributed by atoms with van der Waals surface area (Å²) in [6, 6.07) is 0. The number of hydrogen-bond donors (Lipinski definition) is 0. The molecule has 0 rings (SSSR count). The van der Waals surface area contributed by atoms with Gasteiger partial charge in [-0.2, -0.15) is 0 Å². The predicted molar refractivity (Wildman–Crippen MR) is 49.5 cm³/mol. The molecule has 0 saturated carbocycles. The van der Waals surface area contributed by atoms with Crippen molar-refractivity contribution in [1.29, 1.82) is 0 Å². The molecule has 0 heterocycles. The highest BCUT2D eigenvalue weighted by molar-refractivity contribution is 4.93. The summed E-state index contributed by atoms with van der Waals surface area (Å²) >= 11 is 0. The Labute approximate surface area is 70.4 Å². The second-order valence-electron chi connectivity index (χ2n) is 3.99. The Morgan fingerprint density at radius 1 is 1.36 bits per heavy atom. The van der Waals surface area contributed by atoms with Crippen molar-refractivity contribution in [1.82, 2.24) is 0 Å². The van der Waals surface area contributed by atoms with E-state index in [0.29, 0.717) is 5.41 Å². The molecule has 11 heavy (non-hydrogen) atoms. The lowest BCUT2D eigenvalue weighted by Crippen LogP contribution is -2.03. The summed E-state index contributed by atoms with van der Waals surface area (Å²) in [7, 11) is 1.73. The molecule has 66 valence electrons. The van der Waals surface area contributed by atoms with Gasteiger partial charge in [-0.15, -0.1) is 0 Å². The van der Waals surface area contributed by atoms with Crippen LogP contribution in [0.2, 0.25) is 0 Å². The van der Waals surface area contributed by atoms with Crippen LogP contribution in [-0.4, -0.2) is 7.11 Å². The van der Waals surface area contributed by atoms with Crippen molar-refractivity contribution >= 4 is 0 Å². The summed E-state index contributed by atoms with van der Waals surface area (Å²) in [5, 5.41) is 0. The number of allylic oxidation sites excluding steroid dienone is 2. The molecule has 0 bridgehead atoms. The summed E-state index contributed by atoms with van der Waals surface area (Å²) in [6.07, 6.45) is 4.26. The first-order valence-corrected chi connectivity index (χ1v) is 4.22. The second-order valence-corrected chi connectivity index (χ2v) is 3.99. The van der Waals surface area contributed by atoms with Gasteiger partial charge in [0.05, 0.1) is 12.9 Å². The van der Waals surface area contributed by atoms with E-state index in [1.165, 1.54) is 0 Å². The predicted octanol–water partition coefficient (Wildman–Crippen LogP) is 3.36. The van der Waals surface area contributed by atoms with Gasteiger partial charge in [-0.25, -0.2) is 0 Å². The van der Waals surface area contributed by atoms with Crippen LogP contribution in [0.15, 0.2) is 11.8 Å². The second kappa shape index (κ2) is 4.42. The largest absolute Gasteiger partial charge is 0.501 e. The van der Waals surface area contributed by atoms with E-state index < -0.39 is 0 Å². The van der Waals surface area contributed by atoms with Gasteiger partial charge >= 0.3 is 0 Å². The molecule has 0 aromatic heterocycles. The first-order chi connectivity index (χ1) is 4.99. The van der Waals surface area contributed by atoms with Crippen molar-refractivity contribution in [2.75, 3.05) is 7.11 Å². The maximum atomic E-state index is 5.16. The number of hydrogen-bond acceptors (Lipinski definition) is 1. The van der Waals surface area contributed by atoms with Gasteiger partial charge in [0.1, 0.15) is 0 Å². The first-order valence-electron chi connectivity index (χ1n) is 4.22. The van der Waals surface area contributed by atoms with E-state index >= 15 is 0 Å². The highest BCUT2D eigenvalue weighted by Gasteiger charge is 2.07. The van der Waals surface area contributed by atoms with E-state index in [1.54, 1.807) is 7.11 Å². The third-order valence-electron chi connectivity index (χ3n) is 1.55. The van der Waals surface area contributed by atoms with Crippen LogP contribution in [0.3, 0.4) is 0 Å². The zero-order chi connectivity index (χ0) is 8.91. The van der Waals surface area contributed by atoms with E-state index in [4.69, 9.17) is 4.74 Å². The van der Waals surface area contributed by atoms with Crippen LogP contribution in [0.1, 0.15) is 40.5 Å². The van der Waals surface area contributed by atoms with Crippen molar-refractivity contribution in [2.45, 2.75) is 40.5 Å². The highest BCUT2D eigenvalue weighted by Crippen LogP contribution is 2.20. The van der Waals surface area contributed by atoms with Crippen LogP contribution in [0, 0.1) is 5.41 Å². The quantitative estimate of drug-likeness (QED) is 0.569. The molecule has 0 N–H and O–H groups in total. The fourth-order valence-corrected chi connectivity index (χ4v) is 0.792. The average molecular weight is 156 g/mol. The molecule has 0 amide bonds. The van der Waals surface area contributed by atoms with Crippen molar-refractivity contribution in [3.8, 4) is 0 Å². The Balaban J connectivity index is 3.89. The third-order valence-corrected chi connectivity index (χ3v) is 1.55. The average Bonchev–Trinajstić information content (AvgIpc) is 1.88. The van der Waals surface area contributed by atoms with Crippen LogP contribution in [0.4, 0.5) is 0 Å². The Morgan fingerprint density at radius 3 is 2.18 bits per heavy atom. The highest BCUT2D eigenvalue weighted by atomic mass is 16.5. The zero-order valence-corrected chi connectivity index (χ0v) is 8.40. The monoisotopic (exact) mass is 156 g/mol. The molecule has 0 aliphatic heterocycles. The smallest absolute Gasteiger partial charge is 0.0913 e. The molecule has 0 aliphatic rings. The van der Waals surface area contributed by atoms with E-state index in [9.17, 15) is 0 Å². The molecule has 0 radical (unpaired) electrons. The van der Waals surface area contributed by atoms with Crippen LogP contribution >= 0.6 is 0 Å². The minimum absolute atomic E-state index is 0.374. The lowest BCUT2D eigenvalue weighted by molar-refractivity contribution is 0.275. The maximum absolute atomic E-state index is 5.16. The molecule has 1 heteroatoms. The van der Waals surface area contributed by atoms with Gasteiger partial charge < -0.3 is 4.74 Å². The number of rotatable bonds is 3. The van der Waals surface area contributed by atoms with Gasteiger partial charge in [-0.05, 0) is 17.9 Å². The topological polar surface area (TPSA) is 9.23 Å².